The lowest BCUT2D eigenvalue weighted by molar-refractivity contribution is -0.131. The molecule has 34 heavy (non-hydrogen) atoms. The minimum Gasteiger partial charge on any atom is -0.368 e. The number of rotatable bonds is 8. The Morgan fingerprint density at radius 2 is 1.74 bits per heavy atom. The molecule has 0 spiro atoms. The Morgan fingerprint density at radius 1 is 1.00 bits per heavy atom. The van der Waals surface area contributed by atoms with Gasteiger partial charge in [0.05, 0.1) is 6.54 Å². The summed E-state index contributed by atoms with van der Waals surface area (Å²) in [5, 5.41) is 7.93. The maximum atomic E-state index is 12.7. The van der Waals surface area contributed by atoms with Crippen LogP contribution in [0.25, 0.3) is 10.9 Å². The highest BCUT2D eigenvalue weighted by molar-refractivity contribution is 14.0. The van der Waals surface area contributed by atoms with E-state index in [1.165, 1.54) is 16.6 Å². The van der Waals surface area contributed by atoms with Gasteiger partial charge in [0.1, 0.15) is 0 Å². The van der Waals surface area contributed by atoms with E-state index in [0.717, 1.165) is 57.2 Å². The lowest BCUT2D eigenvalue weighted by Crippen LogP contribution is -2.49. The van der Waals surface area contributed by atoms with Gasteiger partial charge in [-0.1, -0.05) is 36.4 Å². The lowest BCUT2D eigenvalue weighted by atomic mass is 10.1. The quantitative estimate of drug-likeness (QED) is 0.218. The van der Waals surface area contributed by atoms with Crippen LogP contribution >= 0.6 is 24.0 Å². The summed E-state index contributed by atoms with van der Waals surface area (Å²) in [5.74, 6) is 0.945. The number of para-hydroxylation sites is 2. The van der Waals surface area contributed by atoms with E-state index < -0.39 is 0 Å². The Labute approximate surface area is 219 Å². The topological polar surface area (TPSA) is 75.8 Å². The minimum atomic E-state index is 0. The molecule has 0 aliphatic carbocycles. The van der Waals surface area contributed by atoms with E-state index >= 15 is 0 Å². The van der Waals surface area contributed by atoms with Crippen molar-refractivity contribution in [2.75, 3.05) is 50.7 Å². The van der Waals surface area contributed by atoms with E-state index in [2.05, 4.69) is 74.2 Å². The van der Waals surface area contributed by atoms with Gasteiger partial charge in [-0.15, -0.1) is 24.0 Å². The number of nitrogens with one attached hydrogen (secondary N) is 3. The van der Waals surface area contributed by atoms with Gasteiger partial charge in [-0.05, 0) is 37.1 Å². The molecule has 1 saturated heterocycles. The second kappa shape index (κ2) is 13.2. The van der Waals surface area contributed by atoms with Crippen molar-refractivity contribution in [3.05, 3.63) is 66.4 Å². The summed E-state index contributed by atoms with van der Waals surface area (Å²) in [5.41, 5.74) is 3.68. The number of H-pyrrole nitrogens is 1. The van der Waals surface area contributed by atoms with Gasteiger partial charge in [0.2, 0.25) is 5.91 Å². The molecule has 7 nitrogen and oxygen atoms in total. The van der Waals surface area contributed by atoms with Crippen molar-refractivity contribution in [1.82, 2.24) is 20.5 Å². The third kappa shape index (κ3) is 6.88. The van der Waals surface area contributed by atoms with E-state index in [1.807, 2.05) is 24.0 Å². The van der Waals surface area contributed by atoms with Crippen molar-refractivity contribution in [3.8, 4) is 0 Å². The van der Waals surface area contributed by atoms with Crippen LogP contribution in [0.4, 0.5) is 5.69 Å². The number of carbonyl (C=O) groups excluding carboxylic acids is 1. The number of aromatic nitrogens is 1. The molecule has 1 amide bonds. The van der Waals surface area contributed by atoms with Gasteiger partial charge in [0.25, 0.3) is 0 Å². The van der Waals surface area contributed by atoms with Crippen molar-refractivity contribution >= 4 is 52.4 Å². The number of aliphatic imine (C=N–C) groups is 1. The fourth-order valence-corrected chi connectivity index (χ4v) is 4.27. The predicted octanol–water partition coefficient (Wildman–Crippen LogP) is 3.62. The Morgan fingerprint density at radius 3 is 2.50 bits per heavy atom. The van der Waals surface area contributed by atoms with Crippen molar-refractivity contribution < 1.29 is 4.79 Å². The minimum absolute atomic E-state index is 0. The highest BCUT2D eigenvalue weighted by Crippen LogP contribution is 2.18. The zero-order valence-corrected chi connectivity index (χ0v) is 22.1. The molecular formula is C26H35IN6O. The number of carbonyl (C=O) groups is 1. The van der Waals surface area contributed by atoms with E-state index in [-0.39, 0.29) is 29.9 Å². The summed E-state index contributed by atoms with van der Waals surface area (Å²) in [7, 11) is 0. The Kier molecular flexibility index (Phi) is 10.1. The number of benzene rings is 2. The summed E-state index contributed by atoms with van der Waals surface area (Å²) in [6.07, 6.45) is 3.41. The van der Waals surface area contributed by atoms with E-state index in [0.29, 0.717) is 13.0 Å². The smallest absolute Gasteiger partial charge is 0.224 e. The fourth-order valence-electron chi connectivity index (χ4n) is 4.27. The number of guanidine groups is 1. The number of hydrogen-bond donors (Lipinski definition) is 3. The van der Waals surface area contributed by atoms with Gasteiger partial charge in [-0.2, -0.15) is 0 Å². The number of hydrogen-bond acceptors (Lipinski definition) is 3. The molecule has 3 aromatic rings. The predicted molar refractivity (Wildman–Crippen MR) is 151 cm³/mol. The Hall–Kier alpha value is -2.75. The standard InChI is InChI=1S/C26H34N6O.HI/c1-2-27-26(28-14-12-21-20-30-24-11-7-6-10-23(21)24)29-15-13-25(33)32-18-16-31(17-19-32)22-8-4-3-5-9-22;/h3-11,20,30H,2,12-19H2,1H3,(H2,27,28,29);1H. The molecule has 3 N–H and O–H groups in total. The largest absolute Gasteiger partial charge is 0.368 e. The van der Waals surface area contributed by atoms with Crippen LogP contribution in [-0.2, 0) is 11.2 Å². The first-order valence-corrected chi connectivity index (χ1v) is 11.9. The van der Waals surface area contributed by atoms with Crippen LogP contribution in [0.15, 0.2) is 65.8 Å². The molecule has 1 aliphatic heterocycles. The molecule has 1 aliphatic rings. The van der Waals surface area contributed by atoms with Gasteiger partial charge in [0, 0.05) is 68.5 Å². The van der Waals surface area contributed by atoms with Crippen LogP contribution in [0.3, 0.4) is 0 Å². The van der Waals surface area contributed by atoms with Crippen LogP contribution in [0, 0.1) is 0 Å². The molecule has 1 fully saturated rings. The summed E-state index contributed by atoms with van der Waals surface area (Å²) in [6, 6.07) is 18.7. The average molecular weight is 575 g/mol. The second-order valence-corrected chi connectivity index (χ2v) is 8.25. The third-order valence-electron chi connectivity index (χ3n) is 6.06. The number of halogens is 1. The molecule has 1 aromatic heterocycles. The maximum absolute atomic E-state index is 12.7. The monoisotopic (exact) mass is 574 g/mol. The number of aromatic amines is 1. The first-order chi connectivity index (χ1) is 16.2. The van der Waals surface area contributed by atoms with Crippen LogP contribution in [0.1, 0.15) is 18.9 Å². The summed E-state index contributed by atoms with van der Waals surface area (Å²) in [6.45, 7) is 7.38. The van der Waals surface area contributed by atoms with Gasteiger partial charge < -0.3 is 25.4 Å². The van der Waals surface area contributed by atoms with Crippen molar-refractivity contribution in [2.24, 2.45) is 4.99 Å². The third-order valence-corrected chi connectivity index (χ3v) is 6.06. The fraction of sp³-hybridized carbons (Fsp3) is 0.385. The molecule has 2 heterocycles. The van der Waals surface area contributed by atoms with Crippen LogP contribution in [0.2, 0.25) is 0 Å². The Balaban J connectivity index is 0.00000324. The Bertz CT molecular complexity index is 1060. The average Bonchev–Trinajstić information content (AvgIpc) is 3.28. The van der Waals surface area contributed by atoms with Crippen molar-refractivity contribution in [3.63, 3.8) is 0 Å². The van der Waals surface area contributed by atoms with Gasteiger partial charge in [-0.25, -0.2) is 0 Å². The first kappa shape index (κ1) is 25.9. The van der Waals surface area contributed by atoms with Gasteiger partial charge in [-0.3, -0.25) is 9.79 Å². The van der Waals surface area contributed by atoms with Crippen molar-refractivity contribution in [2.45, 2.75) is 19.8 Å². The number of nitrogens with zero attached hydrogens (tertiary/aromatic N) is 3. The van der Waals surface area contributed by atoms with E-state index in [9.17, 15) is 4.79 Å². The van der Waals surface area contributed by atoms with E-state index in [4.69, 9.17) is 0 Å². The maximum Gasteiger partial charge on any atom is 0.224 e. The molecule has 8 heteroatoms. The number of anilines is 1. The van der Waals surface area contributed by atoms with E-state index in [1.54, 1.807) is 0 Å². The summed E-state index contributed by atoms with van der Waals surface area (Å²) in [4.78, 5) is 24.9. The zero-order valence-electron chi connectivity index (χ0n) is 19.8. The SMILES string of the molecule is CCNC(=NCCC(=O)N1CCN(c2ccccc2)CC1)NCCc1c[nH]c2ccccc12.I. The second-order valence-electron chi connectivity index (χ2n) is 8.25. The lowest BCUT2D eigenvalue weighted by Gasteiger charge is -2.36. The number of piperazine rings is 1. The normalized spacial score (nSPS) is 14.1. The molecule has 0 atom stereocenters. The van der Waals surface area contributed by atoms with Gasteiger partial charge >= 0.3 is 0 Å². The highest BCUT2D eigenvalue weighted by atomic mass is 127. The molecule has 2 aromatic carbocycles. The highest BCUT2D eigenvalue weighted by Gasteiger charge is 2.20. The van der Waals surface area contributed by atoms with Crippen LogP contribution in [-0.4, -0.2) is 67.6 Å². The molecule has 182 valence electrons. The van der Waals surface area contributed by atoms with Crippen LogP contribution < -0.4 is 15.5 Å². The molecule has 0 unspecified atom stereocenters. The molecule has 0 bridgehead atoms. The summed E-state index contributed by atoms with van der Waals surface area (Å²) >= 11 is 0. The van der Waals surface area contributed by atoms with Crippen LogP contribution in [0.5, 0.6) is 0 Å². The van der Waals surface area contributed by atoms with Gasteiger partial charge in [0.15, 0.2) is 5.96 Å². The molecule has 0 radical (unpaired) electrons. The molecule has 4 rings (SSSR count). The molecular weight excluding hydrogens is 539 g/mol. The summed E-state index contributed by atoms with van der Waals surface area (Å²) < 4.78 is 0. The molecule has 0 saturated carbocycles. The number of amides is 1. The zero-order chi connectivity index (χ0) is 22.9. The number of fused-ring (bicyclic) bond motifs is 1. The first-order valence-electron chi connectivity index (χ1n) is 11.9. The van der Waals surface area contributed by atoms with Crippen molar-refractivity contribution in [1.29, 1.82) is 0 Å².